The summed E-state index contributed by atoms with van der Waals surface area (Å²) in [6.45, 7) is 8.21. The third-order valence-electron chi connectivity index (χ3n) is 11.2. The smallest absolute Gasteiger partial charge is 0.157 e. The molecule has 4 saturated carbocycles. The van der Waals surface area contributed by atoms with Gasteiger partial charge in [-0.1, -0.05) is 13.8 Å². The highest BCUT2D eigenvalue weighted by Gasteiger charge is 2.62. The fraction of sp³-hybridized carbons (Fsp3) is 0.828. The average molecular weight is 482 g/mol. The summed E-state index contributed by atoms with van der Waals surface area (Å²) < 4.78 is 7.32. The van der Waals surface area contributed by atoms with Crippen molar-refractivity contribution in [2.24, 2.45) is 40.4 Å². The first-order valence-corrected chi connectivity index (χ1v) is 14.0. The van der Waals surface area contributed by atoms with Gasteiger partial charge in [0.25, 0.3) is 0 Å². The summed E-state index contributed by atoms with van der Waals surface area (Å²) in [6.07, 6.45) is 14.3. The van der Waals surface area contributed by atoms with Crippen LogP contribution in [-0.4, -0.2) is 39.5 Å². The second kappa shape index (κ2) is 9.30. The number of nitrogens with zero attached hydrogens (tertiary/aromatic N) is 3. The summed E-state index contributed by atoms with van der Waals surface area (Å²) in [5.74, 6) is 3.02. The van der Waals surface area contributed by atoms with E-state index in [-0.39, 0.29) is 17.9 Å². The Kier molecular flexibility index (Phi) is 6.64. The molecule has 6 heteroatoms. The molecule has 4 aliphatic rings. The SMILES string of the molecule is CCOC[C@@]1(O)CC[C@@]2(CC)[C@H](CC[C@H]3[C@@H]4CC[C@H](C(=O)Cn5cc(C#N)cn5)[C@@]4(C)CC[C@@H]32)C1. The minimum atomic E-state index is -0.655. The van der Waals surface area contributed by atoms with Gasteiger partial charge in [0.05, 0.1) is 30.5 Å². The van der Waals surface area contributed by atoms with Gasteiger partial charge in [0.15, 0.2) is 5.78 Å². The lowest BCUT2D eigenvalue weighted by atomic mass is 9.42. The molecule has 5 rings (SSSR count). The highest BCUT2D eigenvalue weighted by molar-refractivity contribution is 5.82. The van der Waals surface area contributed by atoms with Gasteiger partial charge < -0.3 is 9.84 Å². The molecule has 1 heterocycles. The van der Waals surface area contributed by atoms with Gasteiger partial charge in [-0.15, -0.1) is 0 Å². The monoisotopic (exact) mass is 481 g/mol. The maximum Gasteiger partial charge on any atom is 0.157 e. The van der Waals surface area contributed by atoms with Crippen LogP contribution in [0.3, 0.4) is 0 Å². The second-order valence-corrected chi connectivity index (χ2v) is 12.5. The van der Waals surface area contributed by atoms with Crippen LogP contribution < -0.4 is 0 Å². The molecule has 0 aromatic carbocycles. The molecule has 6 nitrogen and oxygen atoms in total. The normalized spacial score (nSPS) is 42.5. The van der Waals surface area contributed by atoms with Crippen molar-refractivity contribution in [2.75, 3.05) is 13.2 Å². The van der Waals surface area contributed by atoms with Crippen molar-refractivity contribution in [1.82, 2.24) is 9.78 Å². The van der Waals surface area contributed by atoms with Gasteiger partial charge in [-0.05, 0) is 106 Å². The van der Waals surface area contributed by atoms with Gasteiger partial charge in [0.1, 0.15) is 6.07 Å². The van der Waals surface area contributed by atoms with Crippen LogP contribution in [-0.2, 0) is 16.1 Å². The van der Waals surface area contributed by atoms with Crippen molar-refractivity contribution in [3.8, 4) is 6.07 Å². The zero-order valence-electron chi connectivity index (χ0n) is 21.8. The minimum absolute atomic E-state index is 0.0790. The van der Waals surface area contributed by atoms with Gasteiger partial charge in [0, 0.05) is 18.7 Å². The molecule has 0 saturated heterocycles. The molecule has 1 aromatic heterocycles. The van der Waals surface area contributed by atoms with E-state index in [1.165, 1.54) is 25.7 Å². The Morgan fingerprint density at radius 2 is 2.03 bits per heavy atom. The van der Waals surface area contributed by atoms with Crippen molar-refractivity contribution < 1.29 is 14.6 Å². The van der Waals surface area contributed by atoms with Gasteiger partial charge in [-0.25, -0.2) is 0 Å². The third-order valence-corrected chi connectivity index (χ3v) is 11.2. The number of nitriles is 1. The minimum Gasteiger partial charge on any atom is -0.387 e. The van der Waals surface area contributed by atoms with Crippen molar-refractivity contribution in [2.45, 2.75) is 97.1 Å². The first-order chi connectivity index (χ1) is 16.8. The fourth-order valence-electron chi connectivity index (χ4n) is 9.57. The number of Topliss-reactive ketones (excluding diaryl/α,β-unsaturated/α-hetero) is 1. The molecule has 35 heavy (non-hydrogen) atoms. The molecule has 0 spiro atoms. The Morgan fingerprint density at radius 1 is 1.20 bits per heavy atom. The lowest BCUT2D eigenvalue weighted by Crippen LogP contribution is -2.57. The molecule has 0 unspecified atom stereocenters. The molecule has 0 bridgehead atoms. The summed E-state index contributed by atoms with van der Waals surface area (Å²) in [5.41, 5.74) is 0.275. The largest absolute Gasteiger partial charge is 0.387 e. The van der Waals surface area contributed by atoms with Crippen LogP contribution in [0.15, 0.2) is 12.4 Å². The predicted octanol–water partition coefficient (Wildman–Crippen LogP) is 5.14. The van der Waals surface area contributed by atoms with Gasteiger partial charge >= 0.3 is 0 Å². The van der Waals surface area contributed by atoms with E-state index in [0.717, 1.165) is 44.4 Å². The number of aliphatic hydroxyl groups is 1. The van der Waals surface area contributed by atoms with E-state index in [1.807, 2.05) is 6.92 Å². The van der Waals surface area contributed by atoms with Gasteiger partial charge in [-0.2, -0.15) is 10.4 Å². The van der Waals surface area contributed by atoms with E-state index in [2.05, 4.69) is 25.0 Å². The summed E-state index contributed by atoms with van der Waals surface area (Å²) in [5, 5.41) is 24.6. The van der Waals surface area contributed by atoms with E-state index in [0.29, 0.717) is 47.7 Å². The maximum atomic E-state index is 13.5. The summed E-state index contributed by atoms with van der Waals surface area (Å²) >= 11 is 0. The maximum absolute atomic E-state index is 13.5. The Balaban J connectivity index is 1.32. The van der Waals surface area contributed by atoms with Crippen molar-refractivity contribution in [3.63, 3.8) is 0 Å². The molecular formula is C29H43N3O3. The topological polar surface area (TPSA) is 88.1 Å². The van der Waals surface area contributed by atoms with Crippen LogP contribution in [0, 0.1) is 51.8 Å². The number of fused-ring (bicyclic) bond motifs is 5. The van der Waals surface area contributed by atoms with E-state index < -0.39 is 5.60 Å². The number of aromatic nitrogens is 2. The van der Waals surface area contributed by atoms with Crippen LogP contribution in [0.1, 0.15) is 90.5 Å². The summed E-state index contributed by atoms with van der Waals surface area (Å²) in [7, 11) is 0. The molecule has 1 N–H and O–H groups in total. The van der Waals surface area contributed by atoms with E-state index in [4.69, 9.17) is 10.00 Å². The Hall–Kier alpha value is -1.71. The predicted molar refractivity (Wildman–Crippen MR) is 133 cm³/mol. The highest BCUT2D eigenvalue weighted by Crippen LogP contribution is 2.69. The first kappa shape index (κ1) is 25.0. The van der Waals surface area contributed by atoms with Crippen molar-refractivity contribution in [3.05, 3.63) is 18.0 Å². The quantitative estimate of drug-likeness (QED) is 0.582. The van der Waals surface area contributed by atoms with Crippen LogP contribution in [0.4, 0.5) is 0 Å². The molecule has 0 radical (unpaired) electrons. The van der Waals surface area contributed by atoms with Crippen LogP contribution in [0.5, 0.6) is 0 Å². The molecule has 4 fully saturated rings. The van der Waals surface area contributed by atoms with Gasteiger partial charge in [-0.3, -0.25) is 9.48 Å². The number of hydrogen-bond donors (Lipinski definition) is 1. The average Bonchev–Trinajstić information content (AvgIpc) is 3.46. The Labute approximate surface area is 210 Å². The van der Waals surface area contributed by atoms with Crippen LogP contribution in [0.2, 0.25) is 0 Å². The van der Waals surface area contributed by atoms with Crippen molar-refractivity contribution in [1.29, 1.82) is 5.26 Å². The zero-order valence-corrected chi connectivity index (χ0v) is 21.8. The Bertz CT molecular complexity index is 984. The number of hydrogen-bond acceptors (Lipinski definition) is 5. The molecule has 8 atom stereocenters. The standard InChI is InChI=1S/C29H43N3O3/c1-4-29-13-12-28(34,19-35-5-2)14-21(29)6-7-22-23-8-9-25(27(23,3)11-10-24(22)29)26(33)18-32-17-20(15-30)16-31-32/h16-17,21-25,34H,4-14,18-19H2,1-3H3/t21-,22+,23+,24+,25-,27+,28-,29+/m1/s1. The van der Waals surface area contributed by atoms with E-state index >= 15 is 0 Å². The molecular weight excluding hydrogens is 438 g/mol. The number of ether oxygens (including phenoxy) is 1. The lowest BCUT2D eigenvalue weighted by Gasteiger charge is -2.63. The molecule has 0 aliphatic heterocycles. The molecule has 4 aliphatic carbocycles. The summed E-state index contributed by atoms with van der Waals surface area (Å²) in [4.78, 5) is 13.5. The number of rotatable bonds is 7. The van der Waals surface area contributed by atoms with E-state index in [9.17, 15) is 9.90 Å². The second-order valence-electron chi connectivity index (χ2n) is 12.5. The first-order valence-electron chi connectivity index (χ1n) is 14.0. The number of carbonyl (C=O) groups is 1. The fourth-order valence-corrected chi connectivity index (χ4v) is 9.57. The van der Waals surface area contributed by atoms with E-state index in [1.54, 1.807) is 17.1 Å². The lowest BCUT2D eigenvalue weighted by molar-refractivity contribution is -0.173. The zero-order chi connectivity index (χ0) is 24.8. The molecule has 0 amide bonds. The van der Waals surface area contributed by atoms with Gasteiger partial charge in [0.2, 0.25) is 0 Å². The third kappa shape index (κ3) is 4.07. The highest BCUT2D eigenvalue weighted by atomic mass is 16.5. The number of ketones is 1. The van der Waals surface area contributed by atoms with Crippen LogP contribution >= 0.6 is 0 Å². The van der Waals surface area contributed by atoms with Crippen molar-refractivity contribution >= 4 is 5.78 Å². The Morgan fingerprint density at radius 3 is 2.74 bits per heavy atom. The number of carbonyl (C=O) groups excluding carboxylic acids is 1. The van der Waals surface area contributed by atoms with Crippen LogP contribution in [0.25, 0.3) is 0 Å². The molecule has 1 aromatic rings. The summed E-state index contributed by atoms with van der Waals surface area (Å²) in [6, 6.07) is 2.10. The molecule has 192 valence electrons.